The molecule has 4 heteroatoms. The molecule has 0 N–H and O–H groups in total. The molecule has 0 bridgehead atoms. The molecule has 1 aliphatic heterocycles. The van der Waals surface area contributed by atoms with Crippen molar-refractivity contribution in [2.75, 3.05) is 0 Å². The van der Waals surface area contributed by atoms with E-state index >= 15 is 0 Å². The highest BCUT2D eigenvalue weighted by molar-refractivity contribution is 7.80. The van der Waals surface area contributed by atoms with E-state index < -0.39 is 0 Å². The number of rotatable bonds is 1. The maximum atomic E-state index is 12.6. The Kier molecular flexibility index (Phi) is 4.23. The zero-order chi connectivity index (χ0) is 13.3. The Labute approximate surface area is 119 Å². The standard InChI is InChI=1S/C14H18ClNOS/c1-9-4-3-5-10(2)16(9)14(17)12-8-11(18)6-7-13(12)15/h6-10,18H,3-5H2,1-2H3/t9-,10+. The number of thiol groups is 1. The van der Waals surface area contributed by atoms with Crippen molar-refractivity contribution in [2.24, 2.45) is 0 Å². The normalized spacial score (nSPS) is 24.1. The molecular weight excluding hydrogens is 266 g/mol. The highest BCUT2D eigenvalue weighted by Crippen LogP contribution is 2.28. The van der Waals surface area contributed by atoms with Crippen molar-refractivity contribution in [1.82, 2.24) is 4.90 Å². The summed E-state index contributed by atoms with van der Waals surface area (Å²) in [4.78, 5) is 15.3. The van der Waals surface area contributed by atoms with Crippen molar-refractivity contribution >= 4 is 30.1 Å². The van der Waals surface area contributed by atoms with Gasteiger partial charge in [-0.25, -0.2) is 0 Å². The van der Waals surface area contributed by atoms with E-state index in [-0.39, 0.29) is 18.0 Å². The number of halogens is 1. The van der Waals surface area contributed by atoms with E-state index in [1.54, 1.807) is 18.2 Å². The second-order valence-electron chi connectivity index (χ2n) is 5.01. The zero-order valence-corrected chi connectivity index (χ0v) is 12.3. The number of carbonyl (C=O) groups excluding carboxylic acids is 1. The number of benzene rings is 1. The lowest BCUT2D eigenvalue weighted by Crippen LogP contribution is -2.47. The smallest absolute Gasteiger partial charge is 0.255 e. The molecule has 98 valence electrons. The van der Waals surface area contributed by atoms with Gasteiger partial charge >= 0.3 is 0 Å². The first-order valence-electron chi connectivity index (χ1n) is 6.32. The van der Waals surface area contributed by atoms with Crippen molar-refractivity contribution in [3.8, 4) is 0 Å². The molecule has 1 saturated heterocycles. The van der Waals surface area contributed by atoms with Crippen LogP contribution in [0.3, 0.4) is 0 Å². The van der Waals surface area contributed by atoms with Crippen LogP contribution in [0.4, 0.5) is 0 Å². The Bertz CT molecular complexity index is 453. The van der Waals surface area contributed by atoms with Crippen LogP contribution in [0.2, 0.25) is 5.02 Å². The third-order valence-corrected chi connectivity index (χ3v) is 4.22. The van der Waals surface area contributed by atoms with Gasteiger partial charge < -0.3 is 4.90 Å². The Hall–Kier alpha value is -0.670. The van der Waals surface area contributed by atoms with Crippen LogP contribution in [0.5, 0.6) is 0 Å². The van der Waals surface area contributed by atoms with Gasteiger partial charge in [-0.15, -0.1) is 12.6 Å². The fourth-order valence-electron chi connectivity index (χ4n) is 2.64. The van der Waals surface area contributed by atoms with Crippen LogP contribution in [-0.2, 0) is 0 Å². The molecule has 1 aromatic rings. The van der Waals surface area contributed by atoms with E-state index in [1.165, 1.54) is 6.42 Å². The summed E-state index contributed by atoms with van der Waals surface area (Å²) in [5.41, 5.74) is 0.560. The molecule has 0 saturated carbocycles. The molecule has 18 heavy (non-hydrogen) atoms. The van der Waals surface area contributed by atoms with E-state index in [0.29, 0.717) is 10.6 Å². The number of nitrogens with zero attached hydrogens (tertiary/aromatic N) is 1. The van der Waals surface area contributed by atoms with Gasteiger partial charge in [0.1, 0.15) is 0 Å². The third-order valence-electron chi connectivity index (χ3n) is 3.61. The number of likely N-dealkylation sites (tertiary alicyclic amines) is 1. The van der Waals surface area contributed by atoms with Crippen LogP contribution in [0.1, 0.15) is 43.5 Å². The van der Waals surface area contributed by atoms with E-state index in [4.69, 9.17) is 11.6 Å². The molecule has 0 aromatic heterocycles. The molecule has 1 fully saturated rings. The zero-order valence-electron chi connectivity index (χ0n) is 10.7. The van der Waals surface area contributed by atoms with Gasteiger partial charge in [0.2, 0.25) is 0 Å². The summed E-state index contributed by atoms with van der Waals surface area (Å²) in [7, 11) is 0. The molecule has 1 amide bonds. The van der Waals surface area contributed by atoms with Crippen LogP contribution < -0.4 is 0 Å². The fourth-order valence-corrected chi connectivity index (χ4v) is 3.04. The summed E-state index contributed by atoms with van der Waals surface area (Å²) in [6.45, 7) is 4.21. The molecule has 1 heterocycles. The second kappa shape index (κ2) is 5.54. The first kappa shape index (κ1) is 13.8. The summed E-state index contributed by atoms with van der Waals surface area (Å²) in [5.74, 6) is 0.0237. The van der Waals surface area contributed by atoms with Gasteiger partial charge in [-0.1, -0.05) is 11.6 Å². The van der Waals surface area contributed by atoms with E-state index in [0.717, 1.165) is 17.7 Å². The topological polar surface area (TPSA) is 20.3 Å². The largest absolute Gasteiger partial charge is 0.333 e. The van der Waals surface area contributed by atoms with Crippen LogP contribution >= 0.6 is 24.2 Å². The van der Waals surface area contributed by atoms with Gasteiger partial charge in [0, 0.05) is 17.0 Å². The number of hydrogen-bond donors (Lipinski definition) is 1. The summed E-state index contributed by atoms with van der Waals surface area (Å²) in [6, 6.07) is 5.84. The Balaban J connectivity index is 2.32. The van der Waals surface area contributed by atoms with E-state index in [1.807, 2.05) is 4.90 Å². The lowest BCUT2D eigenvalue weighted by atomic mass is 9.96. The van der Waals surface area contributed by atoms with Crippen LogP contribution in [0.25, 0.3) is 0 Å². The lowest BCUT2D eigenvalue weighted by Gasteiger charge is -2.39. The summed E-state index contributed by atoms with van der Waals surface area (Å²) < 4.78 is 0. The molecule has 1 aliphatic rings. The molecule has 0 spiro atoms. The number of carbonyl (C=O) groups is 1. The predicted molar refractivity (Wildman–Crippen MR) is 77.6 cm³/mol. The molecule has 0 aliphatic carbocycles. The average molecular weight is 284 g/mol. The van der Waals surface area contributed by atoms with Gasteiger partial charge in [0.05, 0.1) is 10.6 Å². The Morgan fingerprint density at radius 3 is 2.56 bits per heavy atom. The van der Waals surface area contributed by atoms with Gasteiger partial charge in [0.25, 0.3) is 5.91 Å². The highest BCUT2D eigenvalue weighted by atomic mass is 35.5. The van der Waals surface area contributed by atoms with E-state index in [2.05, 4.69) is 26.5 Å². The lowest BCUT2D eigenvalue weighted by molar-refractivity contribution is 0.0510. The fraction of sp³-hybridized carbons (Fsp3) is 0.500. The van der Waals surface area contributed by atoms with Crippen molar-refractivity contribution in [2.45, 2.75) is 50.1 Å². The minimum Gasteiger partial charge on any atom is -0.333 e. The summed E-state index contributed by atoms with van der Waals surface area (Å²) >= 11 is 10.4. The minimum absolute atomic E-state index is 0.0237. The quantitative estimate of drug-likeness (QED) is 0.772. The summed E-state index contributed by atoms with van der Waals surface area (Å²) in [6.07, 6.45) is 3.31. The second-order valence-corrected chi connectivity index (χ2v) is 5.93. The van der Waals surface area contributed by atoms with Crippen molar-refractivity contribution in [3.05, 3.63) is 28.8 Å². The molecule has 2 nitrogen and oxygen atoms in total. The third kappa shape index (κ3) is 2.67. The van der Waals surface area contributed by atoms with Gasteiger partial charge in [-0.3, -0.25) is 4.79 Å². The number of piperidine rings is 1. The van der Waals surface area contributed by atoms with E-state index in [9.17, 15) is 4.79 Å². The maximum Gasteiger partial charge on any atom is 0.255 e. The predicted octanol–water partition coefficient (Wildman–Crippen LogP) is 4.03. The van der Waals surface area contributed by atoms with Gasteiger partial charge in [-0.05, 0) is 51.3 Å². The molecular formula is C14H18ClNOS. The molecule has 1 aromatic carbocycles. The highest BCUT2D eigenvalue weighted by Gasteiger charge is 2.30. The van der Waals surface area contributed by atoms with Gasteiger partial charge in [0.15, 0.2) is 0 Å². The molecule has 2 rings (SSSR count). The number of hydrogen-bond acceptors (Lipinski definition) is 2. The summed E-state index contributed by atoms with van der Waals surface area (Å²) in [5, 5.41) is 0.503. The monoisotopic (exact) mass is 283 g/mol. The van der Waals surface area contributed by atoms with Crippen LogP contribution in [-0.4, -0.2) is 22.9 Å². The maximum absolute atomic E-state index is 12.6. The van der Waals surface area contributed by atoms with Crippen molar-refractivity contribution < 1.29 is 4.79 Å². The molecule has 2 atom stereocenters. The van der Waals surface area contributed by atoms with Crippen molar-refractivity contribution in [3.63, 3.8) is 0 Å². The molecule has 0 unspecified atom stereocenters. The SMILES string of the molecule is C[C@@H]1CCC[C@H](C)N1C(=O)c1cc(S)ccc1Cl. The number of amides is 1. The average Bonchev–Trinajstić information content (AvgIpc) is 2.32. The van der Waals surface area contributed by atoms with Crippen LogP contribution in [0.15, 0.2) is 23.1 Å². The Morgan fingerprint density at radius 1 is 1.33 bits per heavy atom. The Morgan fingerprint density at radius 2 is 1.94 bits per heavy atom. The minimum atomic E-state index is 0.0237. The van der Waals surface area contributed by atoms with Gasteiger partial charge in [-0.2, -0.15) is 0 Å². The van der Waals surface area contributed by atoms with Crippen LogP contribution in [0, 0.1) is 0 Å². The van der Waals surface area contributed by atoms with Crippen molar-refractivity contribution in [1.29, 1.82) is 0 Å². The first-order chi connectivity index (χ1) is 8.50. The molecule has 0 radical (unpaired) electrons. The first-order valence-corrected chi connectivity index (χ1v) is 7.14.